The maximum absolute atomic E-state index is 11.3. The van der Waals surface area contributed by atoms with E-state index in [2.05, 4.69) is 4.74 Å². The molecule has 7 nitrogen and oxygen atoms in total. The number of esters is 2. The van der Waals surface area contributed by atoms with E-state index in [1.807, 2.05) is 6.92 Å². The molecule has 0 bridgehead atoms. The van der Waals surface area contributed by atoms with Crippen LogP contribution >= 0.6 is 0 Å². The lowest BCUT2D eigenvalue weighted by atomic mass is 9.96. The fourth-order valence-corrected chi connectivity index (χ4v) is 1.14. The maximum Gasteiger partial charge on any atom is 0.336 e. The van der Waals surface area contributed by atoms with Gasteiger partial charge in [0, 0.05) is 0 Å². The molecule has 0 aliphatic rings. The quantitative estimate of drug-likeness (QED) is 0.471. The van der Waals surface area contributed by atoms with Gasteiger partial charge in [0.05, 0.1) is 26.6 Å². The van der Waals surface area contributed by atoms with E-state index >= 15 is 0 Å². The number of carboxylic acids is 1. The van der Waals surface area contributed by atoms with Gasteiger partial charge in [-0.2, -0.15) is 0 Å². The van der Waals surface area contributed by atoms with E-state index in [9.17, 15) is 19.5 Å². The van der Waals surface area contributed by atoms with E-state index in [4.69, 9.17) is 9.84 Å². The summed E-state index contributed by atoms with van der Waals surface area (Å²) in [6, 6.07) is 0. The summed E-state index contributed by atoms with van der Waals surface area (Å²) in [4.78, 5) is 33.2. The van der Waals surface area contributed by atoms with Gasteiger partial charge >= 0.3 is 17.9 Å². The lowest BCUT2D eigenvalue weighted by molar-refractivity contribution is -0.172. The van der Waals surface area contributed by atoms with Gasteiger partial charge in [-0.3, -0.25) is 9.59 Å². The lowest BCUT2D eigenvalue weighted by Crippen LogP contribution is -2.43. The molecule has 0 rings (SSSR count). The van der Waals surface area contributed by atoms with Gasteiger partial charge in [0.2, 0.25) is 0 Å². The minimum absolute atomic E-state index is 0.156. The Hall–Kier alpha value is -1.63. The monoisotopic (exact) mass is 262 g/mol. The van der Waals surface area contributed by atoms with E-state index in [0.717, 1.165) is 13.5 Å². The molecule has 0 amide bonds. The number of rotatable bonds is 8. The van der Waals surface area contributed by atoms with Gasteiger partial charge in [0.15, 0.2) is 5.60 Å². The van der Waals surface area contributed by atoms with E-state index in [1.165, 1.54) is 0 Å². The van der Waals surface area contributed by atoms with Crippen LogP contribution in [0.4, 0.5) is 0 Å². The molecule has 1 unspecified atom stereocenters. The molecule has 104 valence electrons. The second-order valence-electron chi connectivity index (χ2n) is 3.84. The second-order valence-corrected chi connectivity index (χ2v) is 3.84. The third-order valence-electron chi connectivity index (χ3n) is 2.26. The topological polar surface area (TPSA) is 110 Å². The Bertz CT molecular complexity index is 313. The van der Waals surface area contributed by atoms with Crippen LogP contribution in [-0.2, 0) is 23.9 Å². The largest absolute Gasteiger partial charge is 0.479 e. The number of hydrogen-bond donors (Lipinski definition) is 2. The molecule has 0 aliphatic carbocycles. The first kappa shape index (κ1) is 16.4. The van der Waals surface area contributed by atoms with Crippen LogP contribution in [0, 0.1) is 0 Å². The number of hydrogen-bond acceptors (Lipinski definition) is 6. The van der Waals surface area contributed by atoms with Crippen molar-refractivity contribution >= 4 is 17.9 Å². The van der Waals surface area contributed by atoms with Gasteiger partial charge < -0.3 is 19.7 Å². The van der Waals surface area contributed by atoms with Gasteiger partial charge in [-0.05, 0) is 6.42 Å². The maximum atomic E-state index is 11.3. The molecule has 18 heavy (non-hydrogen) atoms. The zero-order valence-corrected chi connectivity index (χ0v) is 10.5. The van der Waals surface area contributed by atoms with Crippen LogP contribution in [0.2, 0.25) is 0 Å². The van der Waals surface area contributed by atoms with Crippen LogP contribution < -0.4 is 0 Å². The summed E-state index contributed by atoms with van der Waals surface area (Å²) in [7, 11) is 1.06. The van der Waals surface area contributed by atoms with Crippen LogP contribution in [0.3, 0.4) is 0 Å². The molecule has 0 aliphatic heterocycles. The molecule has 0 saturated carbocycles. The molecule has 0 radical (unpaired) electrons. The highest BCUT2D eigenvalue weighted by molar-refractivity contribution is 5.88. The molecule has 0 heterocycles. The number of unbranched alkanes of at least 4 members (excludes halogenated alkanes) is 1. The molecule has 0 fully saturated rings. The van der Waals surface area contributed by atoms with Crippen molar-refractivity contribution in [2.75, 3.05) is 13.7 Å². The molecule has 0 saturated heterocycles. The Morgan fingerprint density at radius 3 is 2.17 bits per heavy atom. The fraction of sp³-hybridized carbons (Fsp3) is 0.727. The van der Waals surface area contributed by atoms with Gasteiger partial charge in [0.25, 0.3) is 0 Å². The summed E-state index contributed by atoms with van der Waals surface area (Å²) >= 11 is 0. The first-order chi connectivity index (χ1) is 8.35. The van der Waals surface area contributed by atoms with Gasteiger partial charge in [-0.1, -0.05) is 13.3 Å². The number of ether oxygens (including phenoxy) is 2. The summed E-state index contributed by atoms with van der Waals surface area (Å²) in [5.74, 6) is -3.45. The Balaban J connectivity index is 4.47. The zero-order valence-electron chi connectivity index (χ0n) is 10.5. The number of carbonyl (C=O) groups excluding carboxylic acids is 2. The standard InChI is InChI=1S/C11H18O7/c1-3-4-5-18-9(13)7-11(16,10(14)15)6-8(12)17-2/h16H,3-7H2,1-2H3,(H,14,15). The van der Waals surface area contributed by atoms with Crippen molar-refractivity contribution in [2.24, 2.45) is 0 Å². The molecule has 1 atom stereocenters. The number of aliphatic carboxylic acids is 1. The summed E-state index contributed by atoms with van der Waals surface area (Å²) in [6.07, 6.45) is -0.129. The first-order valence-electron chi connectivity index (χ1n) is 5.54. The molecule has 0 aromatic carbocycles. The molecule has 0 aromatic heterocycles. The number of aliphatic hydroxyl groups is 1. The molecule has 2 N–H and O–H groups in total. The summed E-state index contributed by atoms with van der Waals surface area (Å²) in [6.45, 7) is 2.06. The Kier molecular flexibility index (Phi) is 6.96. The molecule has 0 spiro atoms. The van der Waals surface area contributed by atoms with Gasteiger partial charge in [0.1, 0.15) is 0 Å². The van der Waals surface area contributed by atoms with Crippen LogP contribution in [0.5, 0.6) is 0 Å². The summed E-state index contributed by atoms with van der Waals surface area (Å²) in [5, 5.41) is 18.5. The van der Waals surface area contributed by atoms with Crippen LogP contribution in [-0.4, -0.2) is 47.4 Å². The molecular weight excluding hydrogens is 244 g/mol. The van der Waals surface area contributed by atoms with E-state index < -0.39 is 36.4 Å². The summed E-state index contributed by atoms with van der Waals surface area (Å²) in [5.41, 5.74) is -2.49. The Morgan fingerprint density at radius 1 is 1.17 bits per heavy atom. The molecule has 0 aromatic rings. The number of methoxy groups -OCH3 is 1. The van der Waals surface area contributed by atoms with Crippen molar-refractivity contribution in [3.63, 3.8) is 0 Å². The van der Waals surface area contributed by atoms with E-state index in [-0.39, 0.29) is 6.61 Å². The van der Waals surface area contributed by atoms with Crippen molar-refractivity contribution in [3.8, 4) is 0 Å². The van der Waals surface area contributed by atoms with Crippen LogP contribution in [0.15, 0.2) is 0 Å². The van der Waals surface area contributed by atoms with Crippen LogP contribution in [0.25, 0.3) is 0 Å². The highest BCUT2D eigenvalue weighted by atomic mass is 16.5. The number of carbonyl (C=O) groups is 3. The minimum Gasteiger partial charge on any atom is -0.479 e. The first-order valence-corrected chi connectivity index (χ1v) is 5.54. The van der Waals surface area contributed by atoms with E-state index in [0.29, 0.717) is 6.42 Å². The average molecular weight is 262 g/mol. The predicted molar refractivity (Wildman–Crippen MR) is 59.7 cm³/mol. The normalized spacial score (nSPS) is 13.5. The van der Waals surface area contributed by atoms with E-state index in [1.54, 1.807) is 0 Å². The average Bonchev–Trinajstić information content (AvgIpc) is 2.28. The second kappa shape index (κ2) is 7.65. The smallest absolute Gasteiger partial charge is 0.336 e. The minimum atomic E-state index is -2.49. The number of carboxylic acid groups (broad SMARTS) is 1. The Labute approximate surface area is 105 Å². The van der Waals surface area contributed by atoms with Crippen molar-refractivity contribution in [1.29, 1.82) is 0 Å². The van der Waals surface area contributed by atoms with Crippen LogP contribution in [0.1, 0.15) is 32.6 Å². The summed E-state index contributed by atoms with van der Waals surface area (Å²) < 4.78 is 8.99. The highest BCUT2D eigenvalue weighted by Gasteiger charge is 2.41. The Morgan fingerprint density at radius 2 is 1.72 bits per heavy atom. The third-order valence-corrected chi connectivity index (χ3v) is 2.26. The van der Waals surface area contributed by atoms with Crippen molar-refractivity contribution in [3.05, 3.63) is 0 Å². The van der Waals surface area contributed by atoms with Crippen molar-refractivity contribution < 1.29 is 34.1 Å². The SMILES string of the molecule is CCCCOC(=O)CC(O)(CC(=O)OC)C(=O)O. The van der Waals surface area contributed by atoms with Crippen molar-refractivity contribution in [2.45, 2.75) is 38.2 Å². The van der Waals surface area contributed by atoms with Crippen molar-refractivity contribution in [1.82, 2.24) is 0 Å². The highest BCUT2D eigenvalue weighted by Crippen LogP contribution is 2.17. The van der Waals surface area contributed by atoms with Gasteiger partial charge in [-0.25, -0.2) is 4.79 Å². The molecular formula is C11H18O7. The predicted octanol–water partition coefficient (Wildman–Crippen LogP) is 0.0986. The van der Waals surface area contributed by atoms with Gasteiger partial charge in [-0.15, -0.1) is 0 Å². The fourth-order valence-electron chi connectivity index (χ4n) is 1.14. The zero-order chi connectivity index (χ0) is 14.2. The molecule has 7 heteroatoms. The third kappa shape index (κ3) is 5.62. The lowest BCUT2D eigenvalue weighted by Gasteiger charge is -2.20.